The van der Waals surface area contributed by atoms with E-state index in [4.69, 9.17) is 16.3 Å². The highest BCUT2D eigenvalue weighted by atomic mass is 79.9. The third kappa shape index (κ3) is 4.22. The summed E-state index contributed by atoms with van der Waals surface area (Å²) in [7, 11) is 0. The topological polar surface area (TPSA) is 51.2 Å². The number of ether oxygens (including phenoxy) is 1. The number of nitrogens with one attached hydrogen (secondary N) is 1. The van der Waals surface area contributed by atoms with Crippen LogP contribution in [0, 0.1) is 0 Å². The maximum Gasteiger partial charge on any atom is 0.262 e. The summed E-state index contributed by atoms with van der Waals surface area (Å²) < 4.78 is 6.23. The number of benzene rings is 1. The van der Waals surface area contributed by atoms with Crippen LogP contribution in [0.2, 0.25) is 5.15 Å². The van der Waals surface area contributed by atoms with E-state index in [1.807, 2.05) is 12.1 Å². The van der Waals surface area contributed by atoms with Gasteiger partial charge in [0, 0.05) is 16.4 Å². The zero-order valence-electron chi connectivity index (χ0n) is 9.77. The first-order chi connectivity index (χ1) is 9.15. The van der Waals surface area contributed by atoms with Crippen molar-refractivity contribution >= 4 is 39.1 Å². The van der Waals surface area contributed by atoms with Crippen molar-refractivity contribution in [2.24, 2.45) is 0 Å². The van der Waals surface area contributed by atoms with Crippen molar-refractivity contribution in [3.05, 3.63) is 52.2 Å². The number of rotatable bonds is 4. The molecule has 0 fully saturated rings. The van der Waals surface area contributed by atoms with Gasteiger partial charge in [0.2, 0.25) is 0 Å². The molecule has 0 radical (unpaired) electrons. The predicted octanol–water partition coefficient (Wildman–Crippen LogP) is 3.52. The van der Waals surface area contributed by atoms with Gasteiger partial charge in [-0.2, -0.15) is 0 Å². The SMILES string of the molecule is O=C(COc1cccnc1Cl)Nc1ccc(Br)cc1. The zero-order chi connectivity index (χ0) is 13.7. The average Bonchev–Trinajstić information content (AvgIpc) is 2.40. The van der Waals surface area contributed by atoms with Crippen LogP contribution in [0.4, 0.5) is 5.69 Å². The molecule has 6 heteroatoms. The summed E-state index contributed by atoms with van der Waals surface area (Å²) >= 11 is 9.13. The van der Waals surface area contributed by atoms with E-state index in [0.29, 0.717) is 11.4 Å². The summed E-state index contributed by atoms with van der Waals surface area (Å²) in [5.41, 5.74) is 0.703. The van der Waals surface area contributed by atoms with Gasteiger partial charge in [0.15, 0.2) is 17.5 Å². The molecule has 0 aliphatic carbocycles. The molecule has 0 saturated carbocycles. The summed E-state index contributed by atoms with van der Waals surface area (Å²) in [5, 5.41) is 2.95. The summed E-state index contributed by atoms with van der Waals surface area (Å²) in [4.78, 5) is 15.5. The van der Waals surface area contributed by atoms with E-state index in [1.54, 1.807) is 30.5 Å². The molecule has 1 amide bonds. The molecule has 98 valence electrons. The maximum atomic E-state index is 11.7. The van der Waals surface area contributed by atoms with E-state index < -0.39 is 0 Å². The van der Waals surface area contributed by atoms with Crippen molar-refractivity contribution in [2.45, 2.75) is 0 Å². The van der Waals surface area contributed by atoms with Gasteiger partial charge in [-0.25, -0.2) is 4.98 Å². The second-order valence-electron chi connectivity index (χ2n) is 3.64. The first-order valence-corrected chi connectivity index (χ1v) is 6.61. The molecule has 0 saturated heterocycles. The van der Waals surface area contributed by atoms with E-state index in [1.165, 1.54) is 0 Å². The Morgan fingerprint density at radius 2 is 2.05 bits per heavy atom. The lowest BCUT2D eigenvalue weighted by Gasteiger charge is -2.08. The number of aromatic nitrogens is 1. The van der Waals surface area contributed by atoms with Gasteiger partial charge in [0.05, 0.1) is 0 Å². The Bertz CT molecular complexity index is 575. The minimum Gasteiger partial charge on any atom is -0.481 e. The zero-order valence-corrected chi connectivity index (χ0v) is 12.1. The van der Waals surface area contributed by atoms with Crippen LogP contribution >= 0.6 is 27.5 Å². The normalized spacial score (nSPS) is 10.0. The number of pyridine rings is 1. The molecular formula is C13H10BrClN2O2. The van der Waals surface area contributed by atoms with Gasteiger partial charge < -0.3 is 10.1 Å². The van der Waals surface area contributed by atoms with Crippen molar-refractivity contribution in [2.75, 3.05) is 11.9 Å². The van der Waals surface area contributed by atoms with Crippen molar-refractivity contribution < 1.29 is 9.53 Å². The minimum atomic E-state index is -0.262. The van der Waals surface area contributed by atoms with Crippen LogP contribution in [0.3, 0.4) is 0 Å². The number of amides is 1. The van der Waals surface area contributed by atoms with Gasteiger partial charge in [0.1, 0.15) is 0 Å². The summed E-state index contributed by atoms with van der Waals surface area (Å²) in [6.07, 6.45) is 1.55. The molecule has 1 N–H and O–H groups in total. The quantitative estimate of drug-likeness (QED) is 0.866. The highest BCUT2D eigenvalue weighted by molar-refractivity contribution is 9.10. The second kappa shape index (κ2) is 6.54. The van der Waals surface area contributed by atoms with E-state index in [0.717, 1.165) is 4.47 Å². The van der Waals surface area contributed by atoms with E-state index in [2.05, 4.69) is 26.2 Å². The first-order valence-electron chi connectivity index (χ1n) is 5.44. The lowest BCUT2D eigenvalue weighted by Crippen LogP contribution is -2.20. The lowest BCUT2D eigenvalue weighted by molar-refractivity contribution is -0.118. The molecule has 1 aromatic heterocycles. The Kier molecular flexibility index (Phi) is 4.76. The standard InChI is InChI=1S/C13H10BrClN2O2/c14-9-3-5-10(6-4-9)17-12(18)8-19-11-2-1-7-16-13(11)15/h1-7H,8H2,(H,17,18). The second-order valence-corrected chi connectivity index (χ2v) is 4.91. The molecule has 1 aromatic carbocycles. The summed E-state index contributed by atoms with van der Waals surface area (Å²) in [6, 6.07) is 10.6. The summed E-state index contributed by atoms with van der Waals surface area (Å²) in [5.74, 6) is 0.123. The van der Waals surface area contributed by atoms with Gasteiger partial charge in [-0.3, -0.25) is 4.79 Å². The van der Waals surface area contributed by atoms with Crippen molar-refractivity contribution in [3.8, 4) is 5.75 Å². The highest BCUT2D eigenvalue weighted by Gasteiger charge is 2.06. The van der Waals surface area contributed by atoms with Crippen molar-refractivity contribution in [1.82, 2.24) is 4.98 Å². The minimum absolute atomic E-state index is 0.124. The van der Waals surface area contributed by atoms with E-state index >= 15 is 0 Å². The molecule has 0 unspecified atom stereocenters. The Balaban J connectivity index is 1.88. The molecule has 19 heavy (non-hydrogen) atoms. The maximum absolute atomic E-state index is 11.7. The Morgan fingerprint density at radius 1 is 1.32 bits per heavy atom. The molecule has 2 aromatic rings. The van der Waals surface area contributed by atoms with E-state index in [-0.39, 0.29) is 17.7 Å². The van der Waals surface area contributed by atoms with Gasteiger partial charge in [-0.1, -0.05) is 27.5 Å². The van der Waals surface area contributed by atoms with Gasteiger partial charge in [-0.15, -0.1) is 0 Å². The monoisotopic (exact) mass is 340 g/mol. The fraction of sp³-hybridized carbons (Fsp3) is 0.0769. The van der Waals surface area contributed by atoms with Crippen LogP contribution in [0.15, 0.2) is 47.1 Å². The number of nitrogens with zero attached hydrogens (tertiary/aromatic N) is 1. The fourth-order valence-electron chi connectivity index (χ4n) is 1.35. The molecule has 0 aliphatic heterocycles. The molecule has 0 atom stereocenters. The third-order valence-electron chi connectivity index (χ3n) is 2.21. The molecule has 0 bridgehead atoms. The molecule has 0 spiro atoms. The van der Waals surface area contributed by atoms with Gasteiger partial charge in [0.25, 0.3) is 5.91 Å². The average molecular weight is 342 g/mol. The van der Waals surface area contributed by atoms with Crippen LogP contribution in [0.5, 0.6) is 5.75 Å². The summed E-state index contributed by atoms with van der Waals surface area (Å²) in [6.45, 7) is -0.124. The van der Waals surface area contributed by atoms with Gasteiger partial charge >= 0.3 is 0 Å². The molecule has 4 nitrogen and oxygen atoms in total. The van der Waals surface area contributed by atoms with Crippen LogP contribution in [-0.4, -0.2) is 17.5 Å². The Hall–Kier alpha value is -1.59. The molecule has 0 aliphatic rings. The number of carbonyl (C=O) groups excluding carboxylic acids is 1. The smallest absolute Gasteiger partial charge is 0.262 e. The number of hydrogen-bond acceptors (Lipinski definition) is 3. The van der Waals surface area contributed by atoms with Crippen LogP contribution < -0.4 is 10.1 Å². The van der Waals surface area contributed by atoms with Gasteiger partial charge in [-0.05, 0) is 36.4 Å². The van der Waals surface area contributed by atoms with E-state index in [9.17, 15) is 4.79 Å². The number of anilines is 1. The third-order valence-corrected chi connectivity index (χ3v) is 3.02. The van der Waals surface area contributed by atoms with Crippen LogP contribution in [-0.2, 0) is 4.79 Å². The molecular weight excluding hydrogens is 332 g/mol. The highest BCUT2D eigenvalue weighted by Crippen LogP contribution is 2.20. The molecule has 1 heterocycles. The Labute approximate surface area is 123 Å². The van der Waals surface area contributed by atoms with Crippen molar-refractivity contribution in [3.63, 3.8) is 0 Å². The predicted molar refractivity (Wildman–Crippen MR) is 77.5 cm³/mol. The first kappa shape index (κ1) is 13.8. The van der Waals surface area contributed by atoms with Crippen LogP contribution in [0.1, 0.15) is 0 Å². The van der Waals surface area contributed by atoms with Crippen molar-refractivity contribution in [1.29, 1.82) is 0 Å². The lowest BCUT2D eigenvalue weighted by atomic mass is 10.3. The number of hydrogen-bond donors (Lipinski definition) is 1. The largest absolute Gasteiger partial charge is 0.481 e. The van der Waals surface area contributed by atoms with Crippen LogP contribution in [0.25, 0.3) is 0 Å². The molecule has 2 rings (SSSR count). The Morgan fingerprint density at radius 3 is 2.74 bits per heavy atom. The fourth-order valence-corrected chi connectivity index (χ4v) is 1.79. The number of carbonyl (C=O) groups is 1. The number of halogens is 2.